The Morgan fingerprint density at radius 2 is 2.10 bits per heavy atom. The molecule has 110 valence electrons. The molecule has 0 saturated carbocycles. The van der Waals surface area contributed by atoms with Crippen LogP contribution in [0.15, 0.2) is 0 Å². The Bertz CT molecular complexity index is 490. The third-order valence-corrected chi connectivity index (χ3v) is 4.73. The van der Waals surface area contributed by atoms with Gasteiger partial charge in [-0.25, -0.2) is 0 Å². The van der Waals surface area contributed by atoms with E-state index in [2.05, 4.69) is 15.1 Å². The van der Waals surface area contributed by atoms with Gasteiger partial charge in [-0.2, -0.15) is 5.10 Å². The Balaban J connectivity index is 1.63. The van der Waals surface area contributed by atoms with Crippen LogP contribution in [0.4, 0.5) is 0 Å². The van der Waals surface area contributed by atoms with Crippen LogP contribution in [-0.2, 0) is 24.2 Å². The number of carbonyl (C=O) groups is 1. The number of hydrogen-bond donors (Lipinski definition) is 1. The number of hydrogen-bond acceptors (Lipinski definition) is 3. The second-order valence-corrected chi connectivity index (χ2v) is 6.10. The Morgan fingerprint density at radius 1 is 1.35 bits per heavy atom. The van der Waals surface area contributed by atoms with E-state index in [9.17, 15) is 4.79 Å². The molecule has 20 heavy (non-hydrogen) atoms. The van der Waals surface area contributed by atoms with E-state index in [0.717, 1.165) is 51.0 Å². The van der Waals surface area contributed by atoms with E-state index < -0.39 is 0 Å². The highest BCUT2D eigenvalue weighted by atomic mass is 16.2. The van der Waals surface area contributed by atoms with Gasteiger partial charge in [0.15, 0.2) is 0 Å². The number of likely N-dealkylation sites (tertiary alicyclic amines) is 1. The van der Waals surface area contributed by atoms with Crippen molar-refractivity contribution in [3.8, 4) is 0 Å². The summed E-state index contributed by atoms with van der Waals surface area (Å²) in [6.45, 7) is 4.61. The largest absolute Gasteiger partial charge is 0.341 e. The first-order valence-corrected chi connectivity index (χ1v) is 7.71. The van der Waals surface area contributed by atoms with Crippen LogP contribution >= 0.6 is 0 Å². The predicted octanol–water partition coefficient (Wildman–Crippen LogP) is 1.34. The van der Waals surface area contributed by atoms with Gasteiger partial charge < -0.3 is 4.90 Å². The summed E-state index contributed by atoms with van der Waals surface area (Å²) in [5.74, 6) is 0.261. The van der Waals surface area contributed by atoms with Crippen LogP contribution < -0.4 is 0 Å². The minimum absolute atomic E-state index is 0.0677. The summed E-state index contributed by atoms with van der Waals surface area (Å²) >= 11 is 0. The zero-order valence-corrected chi connectivity index (χ0v) is 12.5. The van der Waals surface area contributed by atoms with Crippen LogP contribution in [0, 0.1) is 0 Å². The van der Waals surface area contributed by atoms with Crippen molar-refractivity contribution in [3.63, 3.8) is 0 Å². The molecule has 1 aliphatic carbocycles. The molecular weight excluding hydrogens is 252 g/mol. The van der Waals surface area contributed by atoms with Crippen molar-refractivity contribution >= 4 is 5.91 Å². The smallest absolute Gasteiger partial charge is 0.239 e. The number of nitrogens with zero attached hydrogens (tertiary/aromatic N) is 3. The van der Waals surface area contributed by atoms with Gasteiger partial charge in [-0.1, -0.05) is 0 Å². The van der Waals surface area contributed by atoms with Crippen molar-refractivity contribution in [2.24, 2.45) is 0 Å². The summed E-state index contributed by atoms with van der Waals surface area (Å²) in [7, 11) is 2.02. The quantitative estimate of drug-likeness (QED) is 0.903. The zero-order chi connectivity index (χ0) is 14.1. The van der Waals surface area contributed by atoms with Gasteiger partial charge in [0.1, 0.15) is 0 Å². The first kappa shape index (κ1) is 13.6. The maximum absolute atomic E-state index is 12.4. The lowest BCUT2D eigenvalue weighted by Crippen LogP contribution is -2.44. The molecule has 5 heteroatoms. The molecule has 2 aliphatic rings. The lowest BCUT2D eigenvalue weighted by molar-refractivity contribution is -0.135. The van der Waals surface area contributed by atoms with Gasteiger partial charge in [0, 0.05) is 25.3 Å². The third-order valence-electron chi connectivity index (χ3n) is 4.73. The normalized spacial score (nSPS) is 19.6. The first-order valence-electron chi connectivity index (χ1n) is 7.71. The lowest BCUT2D eigenvalue weighted by atomic mass is 10.1. The standard InChI is InChI=1S/C15H24N4O/c1-11(15(20)19-8-3-4-9-19)18(2)10-14-12-6-5-7-13(12)16-17-14/h11H,3-10H2,1-2H3,(H,16,17)/t11-/m1/s1. The fourth-order valence-electron chi connectivity index (χ4n) is 3.28. The summed E-state index contributed by atoms with van der Waals surface area (Å²) in [6, 6.07) is -0.0677. The minimum atomic E-state index is -0.0677. The second kappa shape index (κ2) is 5.56. The molecule has 1 saturated heterocycles. The minimum Gasteiger partial charge on any atom is -0.341 e. The molecule has 1 aromatic rings. The third kappa shape index (κ3) is 2.46. The molecule has 1 aromatic heterocycles. The summed E-state index contributed by atoms with van der Waals surface area (Å²) in [5, 5.41) is 7.57. The van der Waals surface area contributed by atoms with Gasteiger partial charge in [-0.15, -0.1) is 0 Å². The number of H-pyrrole nitrogens is 1. The van der Waals surface area contributed by atoms with Crippen molar-refractivity contribution in [2.45, 2.75) is 51.6 Å². The van der Waals surface area contributed by atoms with E-state index in [1.165, 1.54) is 17.7 Å². The van der Waals surface area contributed by atoms with Crippen molar-refractivity contribution < 1.29 is 4.79 Å². The predicted molar refractivity (Wildman–Crippen MR) is 77.4 cm³/mol. The molecule has 5 nitrogen and oxygen atoms in total. The lowest BCUT2D eigenvalue weighted by Gasteiger charge is -2.27. The van der Waals surface area contributed by atoms with E-state index in [1.54, 1.807) is 0 Å². The van der Waals surface area contributed by atoms with E-state index >= 15 is 0 Å². The topological polar surface area (TPSA) is 52.2 Å². The second-order valence-electron chi connectivity index (χ2n) is 6.10. The highest BCUT2D eigenvalue weighted by molar-refractivity contribution is 5.81. The van der Waals surface area contributed by atoms with Crippen molar-refractivity contribution in [1.82, 2.24) is 20.0 Å². The Morgan fingerprint density at radius 3 is 2.85 bits per heavy atom. The van der Waals surface area contributed by atoms with E-state index in [1.807, 2.05) is 18.9 Å². The average Bonchev–Trinajstić information content (AvgIpc) is 3.15. The number of nitrogens with one attached hydrogen (secondary N) is 1. The molecule has 3 rings (SSSR count). The van der Waals surface area contributed by atoms with Crippen LogP contribution in [0.1, 0.15) is 43.1 Å². The maximum Gasteiger partial charge on any atom is 0.239 e. The molecule has 2 heterocycles. The summed E-state index contributed by atoms with van der Waals surface area (Å²) in [5.41, 5.74) is 3.81. The number of rotatable bonds is 4. The number of likely N-dealkylation sites (N-methyl/N-ethyl adjacent to an activating group) is 1. The van der Waals surface area contributed by atoms with Crippen molar-refractivity contribution in [1.29, 1.82) is 0 Å². The van der Waals surface area contributed by atoms with Crippen LogP contribution in [0.3, 0.4) is 0 Å². The molecule has 1 amide bonds. The monoisotopic (exact) mass is 276 g/mol. The Hall–Kier alpha value is -1.36. The van der Waals surface area contributed by atoms with Crippen LogP contribution in [0.25, 0.3) is 0 Å². The fraction of sp³-hybridized carbons (Fsp3) is 0.733. The highest BCUT2D eigenvalue weighted by Crippen LogP contribution is 2.24. The zero-order valence-electron chi connectivity index (χ0n) is 12.5. The number of amides is 1. The number of aromatic nitrogens is 2. The van der Waals surface area contributed by atoms with Gasteiger partial charge in [-0.05, 0) is 51.6 Å². The van der Waals surface area contributed by atoms with Crippen LogP contribution in [-0.4, -0.2) is 52.1 Å². The molecule has 0 radical (unpaired) electrons. The first-order chi connectivity index (χ1) is 9.66. The van der Waals surface area contributed by atoms with E-state index in [-0.39, 0.29) is 11.9 Å². The fourth-order valence-corrected chi connectivity index (χ4v) is 3.28. The molecule has 0 aromatic carbocycles. The van der Waals surface area contributed by atoms with Crippen molar-refractivity contribution in [2.75, 3.05) is 20.1 Å². The number of aryl methyl sites for hydroxylation is 1. The molecule has 1 atom stereocenters. The Labute approximate surface area is 120 Å². The molecule has 1 N–H and O–H groups in total. The van der Waals surface area contributed by atoms with Gasteiger partial charge >= 0.3 is 0 Å². The summed E-state index contributed by atoms with van der Waals surface area (Å²) in [4.78, 5) is 16.5. The van der Waals surface area contributed by atoms with Gasteiger partial charge in [0.2, 0.25) is 5.91 Å². The van der Waals surface area contributed by atoms with Gasteiger partial charge in [0.05, 0.1) is 11.7 Å². The summed E-state index contributed by atoms with van der Waals surface area (Å²) < 4.78 is 0. The van der Waals surface area contributed by atoms with Gasteiger partial charge in [0.25, 0.3) is 0 Å². The van der Waals surface area contributed by atoms with E-state index in [0.29, 0.717) is 0 Å². The Kier molecular flexibility index (Phi) is 3.78. The molecule has 1 fully saturated rings. The van der Waals surface area contributed by atoms with Crippen LogP contribution in [0.2, 0.25) is 0 Å². The summed E-state index contributed by atoms with van der Waals surface area (Å²) in [6.07, 6.45) is 5.77. The number of aromatic amines is 1. The molecule has 0 spiro atoms. The van der Waals surface area contributed by atoms with Gasteiger partial charge in [-0.3, -0.25) is 14.8 Å². The molecule has 0 unspecified atom stereocenters. The molecule has 1 aliphatic heterocycles. The molecular formula is C15H24N4O. The SMILES string of the molecule is C[C@H](C(=O)N1CCCC1)N(C)Cc1n[nH]c2c1CCC2. The average molecular weight is 276 g/mol. The van der Waals surface area contributed by atoms with E-state index in [4.69, 9.17) is 0 Å². The van der Waals surface area contributed by atoms with Crippen molar-refractivity contribution in [3.05, 3.63) is 17.0 Å². The highest BCUT2D eigenvalue weighted by Gasteiger charge is 2.27. The van der Waals surface area contributed by atoms with Crippen LogP contribution in [0.5, 0.6) is 0 Å². The number of carbonyl (C=O) groups excluding carboxylic acids is 1. The molecule has 0 bridgehead atoms. The number of fused-ring (bicyclic) bond motifs is 1. The maximum atomic E-state index is 12.4.